The maximum absolute atomic E-state index is 12.4. The van der Waals surface area contributed by atoms with E-state index in [0.29, 0.717) is 17.5 Å². The lowest BCUT2D eigenvalue weighted by atomic mass is 10.1. The summed E-state index contributed by atoms with van der Waals surface area (Å²) in [5.41, 5.74) is 0.839. The lowest BCUT2D eigenvalue weighted by Crippen LogP contribution is -2.20. The molecule has 0 radical (unpaired) electrons. The number of aromatic nitrogens is 2. The van der Waals surface area contributed by atoms with E-state index >= 15 is 0 Å². The zero-order chi connectivity index (χ0) is 19.1. The predicted octanol–water partition coefficient (Wildman–Crippen LogP) is 3.65. The normalized spacial score (nSPS) is 14.9. The molecule has 0 aliphatic heterocycles. The number of methoxy groups -OCH3 is 1. The molecule has 0 unspecified atom stereocenters. The summed E-state index contributed by atoms with van der Waals surface area (Å²) >= 11 is 0. The Morgan fingerprint density at radius 1 is 1.04 bits per heavy atom. The van der Waals surface area contributed by atoms with Crippen molar-refractivity contribution in [3.63, 3.8) is 0 Å². The van der Waals surface area contributed by atoms with Crippen molar-refractivity contribution in [2.75, 3.05) is 17.7 Å². The van der Waals surface area contributed by atoms with Gasteiger partial charge in [-0.15, -0.1) is 0 Å². The number of benzene rings is 1. The summed E-state index contributed by atoms with van der Waals surface area (Å²) in [5, 5.41) is 6.09. The Labute approximate surface area is 158 Å². The fourth-order valence-corrected chi connectivity index (χ4v) is 3.22. The Morgan fingerprint density at radius 2 is 1.78 bits per heavy atom. The molecule has 27 heavy (non-hydrogen) atoms. The molecule has 0 spiro atoms. The molecule has 1 heterocycles. The van der Waals surface area contributed by atoms with Crippen LogP contribution in [0.4, 0.5) is 11.5 Å². The van der Waals surface area contributed by atoms with E-state index in [1.165, 1.54) is 39.0 Å². The molecule has 1 aromatic carbocycles. The van der Waals surface area contributed by atoms with Gasteiger partial charge in [0.2, 0.25) is 0 Å². The van der Waals surface area contributed by atoms with Crippen molar-refractivity contribution in [2.45, 2.75) is 44.6 Å². The van der Waals surface area contributed by atoms with Crippen molar-refractivity contribution >= 4 is 23.4 Å². The van der Waals surface area contributed by atoms with Crippen molar-refractivity contribution in [1.82, 2.24) is 9.97 Å². The van der Waals surface area contributed by atoms with Gasteiger partial charge in [0.15, 0.2) is 0 Å². The lowest BCUT2D eigenvalue weighted by molar-refractivity contribution is 0.0602. The third-order valence-electron chi connectivity index (χ3n) is 4.67. The second-order valence-electron chi connectivity index (χ2n) is 6.61. The van der Waals surface area contributed by atoms with E-state index in [-0.39, 0.29) is 11.3 Å². The zero-order valence-electron chi connectivity index (χ0n) is 15.4. The SMILES string of the molecule is COC(=O)c1ccccc1NC(=O)c1cnc(NC2CCCCCC2)cn1. The molecule has 7 heteroatoms. The van der Waals surface area contributed by atoms with Crippen LogP contribution in [-0.2, 0) is 4.74 Å². The number of carbonyl (C=O) groups is 2. The highest BCUT2D eigenvalue weighted by atomic mass is 16.5. The average Bonchev–Trinajstić information content (AvgIpc) is 2.97. The monoisotopic (exact) mass is 368 g/mol. The highest BCUT2D eigenvalue weighted by Crippen LogP contribution is 2.20. The number of carbonyl (C=O) groups excluding carboxylic acids is 2. The first-order valence-electron chi connectivity index (χ1n) is 9.24. The van der Waals surface area contributed by atoms with Gasteiger partial charge in [-0.3, -0.25) is 4.79 Å². The molecule has 142 valence electrons. The maximum atomic E-state index is 12.4. The van der Waals surface area contributed by atoms with Gasteiger partial charge in [-0.25, -0.2) is 14.8 Å². The van der Waals surface area contributed by atoms with Gasteiger partial charge in [0.25, 0.3) is 5.91 Å². The van der Waals surface area contributed by atoms with Gasteiger partial charge in [-0.1, -0.05) is 37.8 Å². The van der Waals surface area contributed by atoms with Crippen molar-refractivity contribution < 1.29 is 14.3 Å². The van der Waals surface area contributed by atoms with Crippen LogP contribution < -0.4 is 10.6 Å². The van der Waals surface area contributed by atoms with Gasteiger partial charge < -0.3 is 15.4 Å². The Hall–Kier alpha value is -2.96. The average molecular weight is 368 g/mol. The second-order valence-corrected chi connectivity index (χ2v) is 6.61. The molecular weight excluding hydrogens is 344 g/mol. The number of esters is 1. The van der Waals surface area contributed by atoms with Crippen LogP contribution >= 0.6 is 0 Å². The fourth-order valence-electron chi connectivity index (χ4n) is 3.22. The predicted molar refractivity (Wildman–Crippen MR) is 103 cm³/mol. The first-order chi connectivity index (χ1) is 13.2. The first kappa shape index (κ1) is 18.8. The summed E-state index contributed by atoms with van der Waals surface area (Å²) in [5.74, 6) is -0.270. The standard InChI is InChI=1S/C20H24N4O3/c1-27-20(26)15-10-6-7-11-16(15)24-19(25)17-12-22-18(13-21-17)23-14-8-4-2-3-5-9-14/h6-7,10-14H,2-5,8-9H2,1H3,(H,22,23)(H,24,25). The smallest absolute Gasteiger partial charge is 0.339 e. The number of nitrogens with zero attached hydrogens (tertiary/aromatic N) is 2. The number of nitrogens with one attached hydrogen (secondary N) is 2. The highest BCUT2D eigenvalue weighted by molar-refractivity contribution is 6.06. The Bertz CT molecular complexity index is 784. The van der Waals surface area contributed by atoms with Crippen LogP contribution in [0.5, 0.6) is 0 Å². The summed E-state index contributed by atoms with van der Waals surface area (Å²) in [6.07, 6.45) is 10.3. The van der Waals surface area contributed by atoms with Crippen LogP contribution in [0.15, 0.2) is 36.7 Å². The van der Waals surface area contributed by atoms with Crippen LogP contribution in [0, 0.1) is 0 Å². The lowest BCUT2D eigenvalue weighted by Gasteiger charge is -2.16. The van der Waals surface area contributed by atoms with E-state index in [1.54, 1.807) is 30.5 Å². The van der Waals surface area contributed by atoms with Crippen LogP contribution in [-0.4, -0.2) is 35.0 Å². The molecule has 2 N–H and O–H groups in total. The van der Waals surface area contributed by atoms with Crippen molar-refractivity contribution in [1.29, 1.82) is 0 Å². The van der Waals surface area contributed by atoms with Gasteiger partial charge in [-0.05, 0) is 25.0 Å². The molecule has 3 rings (SSSR count). The summed E-state index contributed by atoms with van der Waals surface area (Å²) < 4.78 is 4.73. The van der Waals surface area contributed by atoms with Crippen LogP contribution in [0.2, 0.25) is 0 Å². The molecule has 1 saturated carbocycles. The molecule has 1 fully saturated rings. The van der Waals surface area contributed by atoms with E-state index in [1.807, 2.05) is 0 Å². The molecule has 1 amide bonds. The summed E-state index contributed by atoms with van der Waals surface area (Å²) in [7, 11) is 1.30. The largest absolute Gasteiger partial charge is 0.465 e. The van der Waals surface area contributed by atoms with E-state index in [0.717, 1.165) is 12.8 Å². The Morgan fingerprint density at radius 3 is 2.44 bits per heavy atom. The highest BCUT2D eigenvalue weighted by Gasteiger charge is 2.16. The number of anilines is 2. The Balaban J connectivity index is 1.65. The number of hydrogen-bond acceptors (Lipinski definition) is 6. The van der Waals surface area contributed by atoms with Crippen molar-refractivity contribution in [3.05, 3.63) is 47.9 Å². The van der Waals surface area contributed by atoms with E-state index < -0.39 is 11.9 Å². The van der Waals surface area contributed by atoms with Gasteiger partial charge in [-0.2, -0.15) is 0 Å². The topological polar surface area (TPSA) is 93.2 Å². The molecule has 1 aliphatic carbocycles. The number of para-hydroxylation sites is 1. The Kier molecular flexibility index (Phi) is 6.35. The fraction of sp³-hybridized carbons (Fsp3) is 0.400. The maximum Gasteiger partial charge on any atom is 0.339 e. The minimum atomic E-state index is -0.514. The minimum Gasteiger partial charge on any atom is -0.465 e. The molecule has 0 atom stereocenters. The molecule has 0 bridgehead atoms. The number of amides is 1. The van der Waals surface area contributed by atoms with Gasteiger partial charge in [0.1, 0.15) is 11.5 Å². The van der Waals surface area contributed by atoms with E-state index in [2.05, 4.69) is 20.6 Å². The second kappa shape index (κ2) is 9.12. The summed E-state index contributed by atoms with van der Waals surface area (Å²) in [6, 6.07) is 7.07. The number of hydrogen-bond donors (Lipinski definition) is 2. The zero-order valence-corrected chi connectivity index (χ0v) is 15.4. The third-order valence-corrected chi connectivity index (χ3v) is 4.67. The van der Waals surface area contributed by atoms with Crippen LogP contribution in [0.1, 0.15) is 59.4 Å². The van der Waals surface area contributed by atoms with E-state index in [9.17, 15) is 9.59 Å². The number of ether oxygens (including phenoxy) is 1. The first-order valence-corrected chi connectivity index (χ1v) is 9.24. The summed E-state index contributed by atoms with van der Waals surface area (Å²) in [4.78, 5) is 32.8. The van der Waals surface area contributed by atoms with Crippen molar-refractivity contribution in [2.24, 2.45) is 0 Å². The number of rotatable bonds is 5. The minimum absolute atomic E-state index is 0.182. The van der Waals surface area contributed by atoms with Gasteiger partial charge in [0.05, 0.1) is 30.8 Å². The molecule has 7 nitrogen and oxygen atoms in total. The molecule has 0 saturated heterocycles. The van der Waals surface area contributed by atoms with Crippen LogP contribution in [0.25, 0.3) is 0 Å². The third kappa shape index (κ3) is 5.03. The molecule has 1 aliphatic rings. The summed E-state index contributed by atoms with van der Waals surface area (Å²) in [6.45, 7) is 0. The molecule has 1 aromatic heterocycles. The molecular formula is C20H24N4O3. The quantitative estimate of drug-likeness (QED) is 0.618. The van der Waals surface area contributed by atoms with Crippen LogP contribution in [0.3, 0.4) is 0 Å². The molecule has 2 aromatic rings. The van der Waals surface area contributed by atoms with Crippen molar-refractivity contribution in [3.8, 4) is 0 Å². The van der Waals surface area contributed by atoms with E-state index in [4.69, 9.17) is 4.74 Å². The van der Waals surface area contributed by atoms with Gasteiger partial charge in [0, 0.05) is 6.04 Å². The van der Waals surface area contributed by atoms with Gasteiger partial charge >= 0.3 is 5.97 Å².